The fraction of sp³-hybridized carbons (Fsp3) is 0.125. The van der Waals surface area contributed by atoms with E-state index in [4.69, 9.17) is 11.6 Å². The van der Waals surface area contributed by atoms with Crippen LogP contribution in [0.4, 0.5) is 18.9 Å². The number of hydrogen-bond acceptors (Lipinski definition) is 2. The van der Waals surface area contributed by atoms with Crippen LogP contribution in [-0.4, -0.2) is 15.5 Å². The number of aryl methyl sites for hydroxylation is 1. The fourth-order valence-corrected chi connectivity index (χ4v) is 2.56. The molecule has 2 aromatic heterocycles. The second kappa shape index (κ2) is 5.83. The number of aromatic nitrogens is 2. The van der Waals surface area contributed by atoms with Crippen molar-refractivity contribution in [3.05, 3.63) is 58.9 Å². The predicted molar refractivity (Wildman–Crippen MR) is 85.1 cm³/mol. The molecule has 0 radical (unpaired) electrons. The Morgan fingerprint density at radius 1 is 1.21 bits per heavy atom. The lowest BCUT2D eigenvalue weighted by molar-refractivity contribution is -0.137. The van der Waals surface area contributed by atoms with Crippen molar-refractivity contribution >= 4 is 34.2 Å². The van der Waals surface area contributed by atoms with Gasteiger partial charge in [0.1, 0.15) is 5.65 Å². The van der Waals surface area contributed by atoms with E-state index in [1.807, 2.05) is 0 Å². The van der Waals surface area contributed by atoms with Crippen LogP contribution in [0.5, 0.6) is 0 Å². The van der Waals surface area contributed by atoms with Crippen LogP contribution in [0.1, 0.15) is 15.9 Å². The van der Waals surface area contributed by atoms with Crippen molar-refractivity contribution in [2.75, 3.05) is 5.32 Å². The highest BCUT2D eigenvalue weighted by molar-refractivity contribution is 6.38. The molecule has 0 fully saturated rings. The average Bonchev–Trinajstić information content (AvgIpc) is 2.89. The number of pyridine rings is 1. The first-order chi connectivity index (χ1) is 11.3. The zero-order valence-electron chi connectivity index (χ0n) is 12.4. The van der Waals surface area contributed by atoms with Gasteiger partial charge in [-0.2, -0.15) is 13.2 Å². The third kappa shape index (κ3) is 2.94. The van der Waals surface area contributed by atoms with E-state index in [1.165, 1.54) is 18.3 Å². The number of alkyl halides is 3. The van der Waals surface area contributed by atoms with Crippen LogP contribution in [0.15, 0.2) is 42.7 Å². The lowest BCUT2D eigenvalue weighted by Crippen LogP contribution is -2.13. The molecule has 0 unspecified atom stereocenters. The number of fused-ring (bicyclic) bond motifs is 1. The summed E-state index contributed by atoms with van der Waals surface area (Å²) in [5.74, 6) is -0.544. The largest absolute Gasteiger partial charge is 0.416 e. The molecule has 3 rings (SSSR count). The molecule has 1 amide bonds. The molecule has 0 atom stereocenters. The van der Waals surface area contributed by atoms with Gasteiger partial charge in [-0.3, -0.25) is 4.79 Å². The average molecular weight is 354 g/mol. The molecular formula is C16H11ClF3N3O. The first-order valence-electron chi connectivity index (χ1n) is 6.85. The van der Waals surface area contributed by atoms with Crippen LogP contribution in [0.3, 0.4) is 0 Å². The van der Waals surface area contributed by atoms with Gasteiger partial charge in [-0.1, -0.05) is 11.6 Å². The minimum atomic E-state index is -4.42. The molecule has 0 saturated carbocycles. The smallest absolute Gasteiger partial charge is 0.336 e. The van der Waals surface area contributed by atoms with Gasteiger partial charge >= 0.3 is 6.18 Å². The summed E-state index contributed by atoms with van der Waals surface area (Å²) in [6.07, 6.45) is -1.32. The Labute approximate surface area is 139 Å². The van der Waals surface area contributed by atoms with Crippen molar-refractivity contribution in [3.63, 3.8) is 0 Å². The van der Waals surface area contributed by atoms with E-state index in [2.05, 4.69) is 10.3 Å². The SMILES string of the molecule is Cn1ccc2c(Cl)c(C(=O)Nc3ccc(C(F)(F)F)cc3)cnc21. The summed E-state index contributed by atoms with van der Waals surface area (Å²) in [7, 11) is 1.80. The number of carbonyl (C=O) groups excluding carboxylic acids is 1. The Morgan fingerprint density at radius 3 is 2.50 bits per heavy atom. The van der Waals surface area contributed by atoms with E-state index in [0.29, 0.717) is 11.0 Å². The zero-order valence-corrected chi connectivity index (χ0v) is 13.1. The summed E-state index contributed by atoms with van der Waals surface area (Å²) in [6.45, 7) is 0. The number of nitrogens with zero attached hydrogens (tertiary/aromatic N) is 2. The van der Waals surface area contributed by atoms with Crippen LogP contribution >= 0.6 is 11.6 Å². The number of hydrogen-bond donors (Lipinski definition) is 1. The van der Waals surface area contributed by atoms with Gasteiger partial charge in [-0.05, 0) is 30.3 Å². The Hall–Kier alpha value is -2.54. The van der Waals surface area contributed by atoms with Crippen molar-refractivity contribution in [2.45, 2.75) is 6.18 Å². The number of nitrogens with one attached hydrogen (secondary N) is 1. The molecule has 1 aromatic carbocycles. The molecule has 0 aliphatic rings. The number of halogens is 4. The van der Waals surface area contributed by atoms with Crippen LogP contribution in [0.25, 0.3) is 11.0 Å². The molecule has 0 bridgehead atoms. The molecule has 0 spiro atoms. The standard InChI is InChI=1S/C16H11ClF3N3O/c1-23-7-6-11-13(17)12(8-21-14(11)23)15(24)22-10-4-2-9(3-5-10)16(18,19)20/h2-8H,1H3,(H,22,24). The van der Waals surface area contributed by atoms with Gasteiger partial charge in [0, 0.05) is 30.5 Å². The number of amides is 1. The van der Waals surface area contributed by atoms with Gasteiger partial charge in [0.2, 0.25) is 0 Å². The quantitative estimate of drug-likeness (QED) is 0.737. The molecule has 8 heteroatoms. The van der Waals surface area contributed by atoms with Gasteiger partial charge in [-0.15, -0.1) is 0 Å². The van der Waals surface area contributed by atoms with Gasteiger partial charge in [0.25, 0.3) is 5.91 Å². The van der Waals surface area contributed by atoms with Crippen LogP contribution in [0, 0.1) is 0 Å². The first kappa shape index (κ1) is 16.3. The van der Waals surface area contributed by atoms with E-state index in [9.17, 15) is 18.0 Å². The molecule has 124 valence electrons. The van der Waals surface area contributed by atoms with E-state index >= 15 is 0 Å². The van der Waals surface area contributed by atoms with Crippen molar-refractivity contribution in [1.29, 1.82) is 0 Å². The second-order valence-corrected chi connectivity index (χ2v) is 5.56. The highest BCUT2D eigenvalue weighted by Gasteiger charge is 2.30. The first-order valence-corrected chi connectivity index (χ1v) is 7.23. The summed E-state index contributed by atoms with van der Waals surface area (Å²) in [5, 5.41) is 3.38. The minimum absolute atomic E-state index is 0.148. The third-order valence-corrected chi connectivity index (χ3v) is 3.95. The summed E-state index contributed by atoms with van der Waals surface area (Å²) in [6, 6.07) is 5.90. The molecule has 24 heavy (non-hydrogen) atoms. The maximum atomic E-state index is 12.5. The Bertz CT molecular complexity index is 917. The van der Waals surface area contributed by atoms with Crippen LogP contribution in [0.2, 0.25) is 5.02 Å². The monoisotopic (exact) mass is 353 g/mol. The van der Waals surface area contributed by atoms with E-state index in [-0.39, 0.29) is 16.3 Å². The Balaban J connectivity index is 1.86. The molecule has 3 aromatic rings. The summed E-state index contributed by atoms with van der Waals surface area (Å²) >= 11 is 6.24. The molecule has 2 heterocycles. The fourth-order valence-electron chi connectivity index (χ4n) is 2.28. The minimum Gasteiger partial charge on any atom is -0.336 e. The molecular weight excluding hydrogens is 343 g/mol. The maximum absolute atomic E-state index is 12.5. The van der Waals surface area contributed by atoms with E-state index in [1.54, 1.807) is 23.9 Å². The van der Waals surface area contributed by atoms with Gasteiger partial charge in [0.15, 0.2) is 0 Å². The normalized spacial score (nSPS) is 11.7. The van der Waals surface area contributed by atoms with E-state index in [0.717, 1.165) is 12.1 Å². The molecule has 4 nitrogen and oxygen atoms in total. The predicted octanol–water partition coefficient (Wildman–Crippen LogP) is 4.50. The van der Waals surface area contributed by atoms with Crippen molar-refractivity contribution in [1.82, 2.24) is 9.55 Å². The summed E-state index contributed by atoms with van der Waals surface area (Å²) in [4.78, 5) is 16.5. The van der Waals surface area contributed by atoms with Crippen LogP contribution in [-0.2, 0) is 13.2 Å². The molecule has 0 aliphatic carbocycles. The van der Waals surface area contributed by atoms with Crippen molar-refractivity contribution in [2.24, 2.45) is 7.05 Å². The number of rotatable bonds is 2. The van der Waals surface area contributed by atoms with Crippen LogP contribution < -0.4 is 5.32 Å². The van der Waals surface area contributed by atoms with Gasteiger partial charge in [-0.25, -0.2) is 4.98 Å². The Kier molecular flexibility index (Phi) is 3.96. The highest BCUT2D eigenvalue weighted by atomic mass is 35.5. The number of carbonyl (C=O) groups is 1. The highest BCUT2D eigenvalue weighted by Crippen LogP contribution is 2.30. The lowest BCUT2D eigenvalue weighted by atomic mass is 10.2. The summed E-state index contributed by atoms with van der Waals surface area (Å²) < 4.78 is 39.4. The number of benzene rings is 1. The Morgan fingerprint density at radius 2 is 1.88 bits per heavy atom. The lowest BCUT2D eigenvalue weighted by Gasteiger charge is -2.10. The van der Waals surface area contributed by atoms with E-state index < -0.39 is 17.6 Å². The zero-order chi connectivity index (χ0) is 17.5. The summed E-state index contributed by atoms with van der Waals surface area (Å²) in [5.41, 5.74) is 0.226. The maximum Gasteiger partial charge on any atom is 0.416 e. The van der Waals surface area contributed by atoms with Crippen molar-refractivity contribution in [3.8, 4) is 0 Å². The third-order valence-electron chi connectivity index (χ3n) is 3.54. The number of anilines is 1. The molecule has 0 aliphatic heterocycles. The molecule has 0 saturated heterocycles. The second-order valence-electron chi connectivity index (χ2n) is 5.18. The van der Waals surface area contributed by atoms with Crippen molar-refractivity contribution < 1.29 is 18.0 Å². The van der Waals surface area contributed by atoms with Gasteiger partial charge in [0.05, 0.1) is 16.1 Å². The van der Waals surface area contributed by atoms with Gasteiger partial charge < -0.3 is 9.88 Å². The molecule has 1 N–H and O–H groups in total. The topological polar surface area (TPSA) is 46.9 Å².